The molecule has 0 atom stereocenters. The molecule has 130 valence electrons. The zero-order valence-electron chi connectivity index (χ0n) is 12.4. The van der Waals surface area contributed by atoms with Gasteiger partial charge in [0.2, 0.25) is 5.91 Å². The maximum atomic E-state index is 13.2. The first kappa shape index (κ1) is 18.5. The van der Waals surface area contributed by atoms with Crippen molar-refractivity contribution < 1.29 is 22.9 Å². The Bertz CT molecular complexity index is 836. The van der Waals surface area contributed by atoms with Crippen LogP contribution < -0.4 is 5.32 Å². The summed E-state index contributed by atoms with van der Waals surface area (Å²) in [6.07, 6.45) is -4.35. The number of nitro groups is 1. The van der Waals surface area contributed by atoms with Gasteiger partial charge < -0.3 is 5.32 Å². The van der Waals surface area contributed by atoms with Crippen molar-refractivity contribution in [1.29, 1.82) is 0 Å². The number of anilines is 1. The zero-order chi connectivity index (χ0) is 18.6. The average Bonchev–Trinajstić information content (AvgIpc) is 2.54. The monoisotopic (exact) mass is 370 g/mol. The van der Waals surface area contributed by atoms with Crippen molar-refractivity contribution in [3.63, 3.8) is 0 Å². The molecule has 1 N–H and O–H groups in total. The largest absolute Gasteiger partial charge is 0.417 e. The summed E-state index contributed by atoms with van der Waals surface area (Å²) in [7, 11) is 0. The van der Waals surface area contributed by atoms with E-state index in [0.29, 0.717) is 6.08 Å². The number of halogens is 4. The SMILES string of the molecule is O=C(/C=C(/c1ccccc1)C(F)(F)F)Nc1ccc(Cl)c([N+](=O)[O-])c1. The van der Waals surface area contributed by atoms with Crippen LogP contribution in [0.5, 0.6) is 0 Å². The van der Waals surface area contributed by atoms with E-state index in [9.17, 15) is 28.1 Å². The highest BCUT2D eigenvalue weighted by Crippen LogP contribution is 2.34. The number of nitro benzene ring substituents is 1. The smallest absolute Gasteiger partial charge is 0.322 e. The van der Waals surface area contributed by atoms with Crippen LogP contribution in [0.2, 0.25) is 5.02 Å². The predicted molar refractivity (Wildman–Crippen MR) is 87.2 cm³/mol. The molecular weight excluding hydrogens is 361 g/mol. The van der Waals surface area contributed by atoms with Crippen LogP contribution >= 0.6 is 11.6 Å². The molecule has 2 rings (SSSR count). The highest BCUT2D eigenvalue weighted by Gasteiger charge is 2.35. The number of allylic oxidation sites excluding steroid dienone is 1. The van der Waals surface area contributed by atoms with Gasteiger partial charge in [-0.05, 0) is 17.7 Å². The average molecular weight is 371 g/mol. The lowest BCUT2D eigenvalue weighted by Gasteiger charge is -2.12. The molecule has 0 aliphatic rings. The molecule has 2 aromatic carbocycles. The Labute approximate surface area is 144 Å². The van der Waals surface area contributed by atoms with Crippen LogP contribution in [0, 0.1) is 10.1 Å². The normalized spacial score (nSPS) is 11.9. The molecule has 0 fully saturated rings. The maximum absolute atomic E-state index is 13.2. The van der Waals surface area contributed by atoms with Crippen molar-refractivity contribution in [1.82, 2.24) is 0 Å². The molecule has 0 aromatic heterocycles. The fraction of sp³-hybridized carbons (Fsp3) is 0.0625. The van der Waals surface area contributed by atoms with Crippen molar-refractivity contribution in [2.75, 3.05) is 5.32 Å². The molecule has 0 aliphatic carbocycles. The lowest BCUT2D eigenvalue weighted by molar-refractivity contribution is -0.384. The van der Waals surface area contributed by atoms with Crippen molar-refractivity contribution in [3.8, 4) is 0 Å². The van der Waals surface area contributed by atoms with Crippen LogP contribution in [0.1, 0.15) is 5.56 Å². The van der Waals surface area contributed by atoms with Gasteiger partial charge in [0.1, 0.15) is 5.02 Å². The third-order valence-corrected chi connectivity index (χ3v) is 3.40. The van der Waals surface area contributed by atoms with Crippen LogP contribution in [0.15, 0.2) is 54.6 Å². The summed E-state index contributed by atoms with van der Waals surface area (Å²) in [5, 5.41) is 12.8. The van der Waals surface area contributed by atoms with Gasteiger partial charge in [-0.2, -0.15) is 13.2 Å². The van der Waals surface area contributed by atoms with Gasteiger partial charge in [-0.3, -0.25) is 14.9 Å². The third-order valence-electron chi connectivity index (χ3n) is 3.08. The minimum Gasteiger partial charge on any atom is -0.322 e. The standard InChI is InChI=1S/C16H10ClF3N2O3/c17-13-7-6-11(8-14(13)22(24)25)21-15(23)9-12(16(18,19)20)10-4-2-1-3-5-10/h1-9H,(H,21,23)/b12-9-. The van der Waals surface area contributed by atoms with E-state index < -0.39 is 28.3 Å². The Morgan fingerprint density at radius 2 is 1.80 bits per heavy atom. The number of carbonyl (C=O) groups excluding carboxylic acids is 1. The molecule has 9 heteroatoms. The molecule has 0 radical (unpaired) electrons. The van der Waals surface area contributed by atoms with E-state index in [4.69, 9.17) is 11.6 Å². The van der Waals surface area contributed by atoms with Crippen molar-refractivity contribution in [2.45, 2.75) is 6.18 Å². The van der Waals surface area contributed by atoms with Crippen molar-refractivity contribution in [2.24, 2.45) is 0 Å². The molecule has 0 bridgehead atoms. The molecule has 0 saturated carbocycles. The first-order valence-corrected chi connectivity index (χ1v) is 7.15. The van der Waals surface area contributed by atoms with Gasteiger partial charge in [-0.15, -0.1) is 0 Å². The highest BCUT2D eigenvalue weighted by atomic mass is 35.5. The second-order valence-electron chi connectivity index (χ2n) is 4.83. The number of benzene rings is 2. The van der Waals surface area contributed by atoms with Crippen molar-refractivity contribution >= 4 is 34.5 Å². The van der Waals surface area contributed by atoms with Crippen LogP contribution in [0.3, 0.4) is 0 Å². The Morgan fingerprint density at radius 1 is 1.16 bits per heavy atom. The lowest BCUT2D eigenvalue weighted by Crippen LogP contribution is -2.16. The number of hydrogen-bond donors (Lipinski definition) is 1. The first-order valence-electron chi connectivity index (χ1n) is 6.77. The molecule has 1 amide bonds. The Morgan fingerprint density at radius 3 is 2.36 bits per heavy atom. The minimum atomic E-state index is -4.75. The molecule has 0 spiro atoms. The van der Waals surface area contributed by atoms with Crippen LogP contribution in [0.25, 0.3) is 5.57 Å². The van der Waals surface area contributed by atoms with Crippen LogP contribution in [-0.4, -0.2) is 17.0 Å². The highest BCUT2D eigenvalue weighted by molar-refractivity contribution is 6.32. The summed E-state index contributed by atoms with van der Waals surface area (Å²) in [6.45, 7) is 0. The molecular formula is C16H10ClF3N2O3. The number of rotatable bonds is 4. The number of carbonyl (C=O) groups is 1. The summed E-state index contributed by atoms with van der Waals surface area (Å²) in [5.74, 6) is -1.08. The summed E-state index contributed by atoms with van der Waals surface area (Å²) < 4.78 is 39.5. The number of alkyl halides is 3. The predicted octanol–water partition coefficient (Wildman–Crippen LogP) is 4.83. The Balaban J connectivity index is 2.31. The van der Waals surface area contributed by atoms with E-state index >= 15 is 0 Å². The van der Waals surface area contributed by atoms with Gasteiger partial charge in [0.25, 0.3) is 5.69 Å². The van der Waals surface area contributed by atoms with Gasteiger partial charge in [0.05, 0.1) is 10.5 Å². The van der Waals surface area contributed by atoms with Gasteiger partial charge in [-0.1, -0.05) is 41.9 Å². The molecule has 0 aliphatic heterocycles. The van der Waals surface area contributed by atoms with Gasteiger partial charge in [0, 0.05) is 17.8 Å². The molecule has 0 heterocycles. The van der Waals surface area contributed by atoms with E-state index in [1.807, 2.05) is 0 Å². The van der Waals surface area contributed by atoms with Gasteiger partial charge >= 0.3 is 6.18 Å². The van der Waals surface area contributed by atoms with Crippen molar-refractivity contribution in [3.05, 3.63) is 75.3 Å². The molecule has 25 heavy (non-hydrogen) atoms. The topological polar surface area (TPSA) is 72.2 Å². The third kappa shape index (κ3) is 4.80. The number of hydrogen-bond acceptors (Lipinski definition) is 3. The summed E-state index contributed by atoms with van der Waals surface area (Å²) in [6, 6.07) is 10.2. The second kappa shape index (κ2) is 7.35. The van der Waals surface area contributed by atoms with E-state index in [2.05, 4.69) is 5.32 Å². The molecule has 5 nitrogen and oxygen atoms in total. The Hall–Kier alpha value is -2.87. The van der Waals surface area contributed by atoms with Gasteiger partial charge in [-0.25, -0.2) is 0 Å². The first-order chi connectivity index (χ1) is 11.7. The van der Waals surface area contributed by atoms with Crippen LogP contribution in [0.4, 0.5) is 24.5 Å². The van der Waals surface area contributed by atoms with E-state index in [1.165, 1.54) is 36.4 Å². The summed E-state index contributed by atoms with van der Waals surface area (Å²) in [5.41, 5.74) is -1.82. The Kier molecular flexibility index (Phi) is 5.43. The lowest BCUT2D eigenvalue weighted by atomic mass is 10.1. The zero-order valence-corrected chi connectivity index (χ0v) is 13.1. The van der Waals surface area contributed by atoms with E-state index in [0.717, 1.165) is 6.07 Å². The summed E-state index contributed by atoms with van der Waals surface area (Å²) in [4.78, 5) is 22.0. The number of nitrogens with one attached hydrogen (secondary N) is 1. The number of amides is 1. The molecule has 0 unspecified atom stereocenters. The van der Waals surface area contributed by atoms with Gasteiger partial charge in [0.15, 0.2) is 0 Å². The number of nitrogens with zero attached hydrogens (tertiary/aromatic N) is 1. The quantitative estimate of drug-likeness (QED) is 0.476. The van der Waals surface area contributed by atoms with Crippen LogP contribution in [-0.2, 0) is 4.79 Å². The summed E-state index contributed by atoms with van der Waals surface area (Å²) >= 11 is 5.64. The fourth-order valence-electron chi connectivity index (χ4n) is 1.99. The molecule has 0 saturated heterocycles. The second-order valence-corrected chi connectivity index (χ2v) is 5.24. The van der Waals surface area contributed by atoms with E-state index in [-0.39, 0.29) is 16.3 Å². The molecule has 2 aromatic rings. The van der Waals surface area contributed by atoms with E-state index in [1.54, 1.807) is 6.07 Å². The fourth-order valence-corrected chi connectivity index (χ4v) is 2.17. The maximum Gasteiger partial charge on any atom is 0.417 e. The minimum absolute atomic E-state index is 0.0491.